The van der Waals surface area contributed by atoms with E-state index in [9.17, 15) is 0 Å². The van der Waals surface area contributed by atoms with Gasteiger partial charge in [0.05, 0.1) is 24.3 Å². The smallest absolute Gasteiger partial charge is 0.240 e. The van der Waals surface area contributed by atoms with Crippen LogP contribution < -0.4 is 10.1 Å². The fraction of sp³-hybridized carbons (Fsp3) is 0.500. The van der Waals surface area contributed by atoms with E-state index in [2.05, 4.69) is 15.5 Å². The van der Waals surface area contributed by atoms with Gasteiger partial charge in [0.2, 0.25) is 5.88 Å². The minimum absolute atomic E-state index is 0.258. The fourth-order valence-corrected chi connectivity index (χ4v) is 4.19. The summed E-state index contributed by atoms with van der Waals surface area (Å²) >= 11 is 0. The van der Waals surface area contributed by atoms with Gasteiger partial charge in [-0.1, -0.05) is 0 Å². The van der Waals surface area contributed by atoms with Gasteiger partial charge in [0.25, 0.3) is 0 Å². The maximum Gasteiger partial charge on any atom is 0.240 e. The van der Waals surface area contributed by atoms with Crippen LogP contribution in [0.4, 0.5) is 0 Å². The standard InChI is InChI=1S/C18H22N6O/c1-23-11-13(10-21-23)15-12-24-16(2-5-20-24)17(22-15)25-14-8-18(9-14)3-6-19-7-4-18/h2,5,10-12,14,19H,3-4,6-9H2,1H3. The maximum absolute atomic E-state index is 6.30. The first kappa shape index (κ1) is 14.9. The van der Waals surface area contributed by atoms with E-state index in [1.807, 2.05) is 36.2 Å². The van der Waals surface area contributed by atoms with Crippen molar-refractivity contribution < 1.29 is 4.74 Å². The van der Waals surface area contributed by atoms with Crippen LogP contribution >= 0.6 is 0 Å². The maximum atomic E-state index is 6.30. The second-order valence-corrected chi connectivity index (χ2v) is 7.39. The van der Waals surface area contributed by atoms with Crippen molar-refractivity contribution in [3.8, 4) is 17.1 Å². The van der Waals surface area contributed by atoms with Crippen LogP contribution in [0, 0.1) is 5.41 Å². The zero-order valence-electron chi connectivity index (χ0n) is 14.4. The summed E-state index contributed by atoms with van der Waals surface area (Å²) in [7, 11) is 1.90. The number of ether oxygens (including phenoxy) is 1. The van der Waals surface area contributed by atoms with E-state index in [0.717, 1.165) is 42.7 Å². The Morgan fingerprint density at radius 3 is 2.80 bits per heavy atom. The van der Waals surface area contributed by atoms with Gasteiger partial charge in [-0.3, -0.25) is 4.68 Å². The van der Waals surface area contributed by atoms with Crippen LogP contribution in [0.2, 0.25) is 0 Å². The molecule has 0 amide bonds. The average Bonchev–Trinajstić information content (AvgIpc) is 3.23. The van der Waals surface area contributed by atoms with Crippen LogP contribution in [0.25, 0.3) is 16.8 Å². The Hall–Kier alpha value is -2.41. The Bertz CT molecular complexity index is 899. The Balaban J connectivity index is 1.42. The van der Waals surface area contributed by atoms with E-state index >= 15 is 0 Å². The molecular formula is C18H22N6O. The third-order valence-corrected chi connectivity index (χ3v) is 5.62. The summed E-state index contributed by atoms with van der Waals surface area (Å²) in [6.07, 6.45) is 12.5. The van der Waals surface area contributed by atoms with Gasteiger partial charge in [0.1, 0.15) is 11.6 Å². The lowest BCUT2D eigenvalue weighted by molar-refractivity contribution is -0.0361. The Labute approximate surface area is 146 Å². The van der Waals surface area contributed by atoms with Crippen LogP contribution in [-0.2, 0) is 7.05 Å². The summed E-state index contributed by atoms with van der Waals surface area (Å²) in [5.74, 6) is 0.674. The fourth-order valence-electron chi connectivity index (χ4n) is 4.19. The molecule has 0 aromatic carbocycles. The Morgan fingerprint density at radius 2 is 2.04 bits per heavy atom. The van der Waals surface area contributed by atoms with Crippen LogP contribution in [-0.4, -0.2) is 43.6 Å². The van der Waals surface area contributed by atoms with Crippen molar-refractivity contribution in [1.29, 1.82) is 0 Å². The molecule has 0 atom stereocenters. The zero-order valence-corrected chi connectivity index (χ0v) is 14.4. The minimum atomic E-state index is 0.258. The molecule has 1 spiro atoms. The highest BCUT2D eigenvalue weighted by Gasteiger charge is 2.46. The van der Waals surface area contributed by atoms with E-state index in [4.69, 9.17) is 9.72 Å². The number of fused-ring (bicyclic) bond motifs is 1. The number of hydrogen-bond acceptors (Lipinski definition) is 5. The van der Waals surface area contributed by atoms with Crippen molar-refractivity contribution >= 4 is 5.52 Å². The highest BCUT2D eigenvalue weighted by atomic mass is 16.5. The van der Waals surface area contributed by atoms with Crippen molar-refractivity contribution in [2.75, 3.05) is 13.1 Å². The van der Waals surface area contributed by atoms with E-state index in [1.54, 1.807) is 10.9 Å². The topological polar surface area (TPSA) is 69.3 Å². The first-order valence-corrected chi connectivity index (χ1v) is 8.92. The van der Waals surface area contributed by atoms with Gasteiger partial charge in [-0.25, -0.2) is 9.50 Å². The second kappa shape index (κ2) is 5.56. The quantitative estimate of drug-likeness (QED) is 0.791. The molecule has 1 aliphatic heterocycles. The van der Waals surface area contributed by atoms with Crippen molar-refractivity contribution in [2.24, 2.45) is 12.5 Å². The predicted octanol–water partition coefficient (Wildman–Crippen LogP) is 2.04. The third-order valence-electron chi connectivity index (χ3n) is 5.62. The summed E-state index contributed by atoms with van der Waals surface area (Å²) in [6.45, 7) is 2.27. The van der Waals surface area contributed by atoms with E-state index in [0.29, 0.717) is 11.3 Å². The van der Waals surface area contributed by atoms with Gasteiger partial charge < -0.3 is 10.1 Å². The van der Waals surface area contributed by atoms with Crippen LogP contribution in [0.15, 0.2) is 30.9 Å². The molecule has 4 heterocycles. The number of piperidine rings is 1. The van der Waals surface area contributed by atoms with Crippen molar-refractivity contribution in [1.82, 2.24) is 29.7 Å². The second-order valence-electron chi connectivity index (χ2n) is 7.39. The molecule has 1 saturated carbocycles. The molecule has 130 valence electrons. The van der Waals surface area contributed by atoms with Crippen molar-refractivity contribution in [3.63, 3.8) is 0 Å². The number of nitrogens with one attached hydrogen (secondary N) is 1. The number of hydrogen-bond donors (Lipinski definition) is 1. The summed E-state index contributed by atoms with van der Waals surface area (Å²) in [5, 5.41) is 12.1. The number of nitrogens with zero attached hydrogens (tertiary/aromatic N) is 5. The first-order valence-electron chi connectivity index (χ1n) is 8.92. The molecule has 1 N–H and O–H groups in total. The number of rotatable bonds is 3. The highest BCUT2D eigenvalue weighted by molar-refractivity contribution is 5.63. The van der Waals surface area contributed by atoms with Gasteiger partial charge >= 0.3 is 0 Å². The van der Waals surface area contributed by atoms with Gasteiger partial charge in [0, 0.05) is 18.8 Å². The molecular weight excluding hydrogens is 316 g/mol. The van der Waals surface area contributed by atoms with Gasteiger partial charge in [-0.05, 0) is 50.3 Å². The van der Waals surface area contributed by atoms with Gasteiger partial charge in [-0.2, -0.15) is 10.2 Å². The third kappa shape index (κ3) is 2.59. The normalized spacial score (nSPS) is 20.0. The van der Waals surface area contributed by atoms with Crippen LogP contribution in [0.5, 0.6) is 5.88 Å². The SMILES string of the molecule is Cn1cc(-c2cn3nccc3c(OC3CC4(CCNCC4)C3)n2)cn1. The molecule has 1 aliphatic carbocycles. The van der Waals surface area contributed by atoms with Crippen LogP contribution in [0.3, 0.4) is 0 Å². The van der Waals surface area contributed by atoms with E-state index in [1.165, 1.54) is 12.8 Å². The first-order chi connectivity index (χ1) is 12.2. The highest BCUT2D eigenvalue weighted by Crippen LogP contribution is 2.49. The molecule has 3 aromatic heterocycles. The lowest BCUT2D eigenvalue weighted by Gasteiger charge is -2.49. The predicted molar refractivity (Wildman–Crippen MR) is 93.4 cm³/mol. The molecule has 5 rings (SSSR count). The molecule has 3 aromatic rings. The van der Waals surface area contributed by atoms with E-state index in [-0.39, 0.29) is 6.10 Å². The summed E-state index contributed by atoms with van der Waals surface area (Å²) in [5.41, 5.74) is 3.20. The van der Waals surface area contributed by atoms with Crippen molar-refractivity contribution in [2.45, 2.75) is 31.8 Å². The Morgan fingerprint density at radius 1 is 1.20 bits per heavy atom. The Kier molecular flexibility index (Phi) is 3.31. The molecule has 2 aliphatic rings. The van der Waals surface area contributed by atoms with Gasteiger partial charge in [-0.15, -0.1) is 0 Å². The lowest BCUT2D eigenvalue weighted by atomic mass is 9.62. The van der Waals surface area contributed by atoms with Crippen LogP contribution in [0.1, 0.15) is 25.7 Å². The lowest BCUT2D eigenvalue weighted by Crippen LogP contribution is -2.49. The molecule has 7 nitrogen and oxygen atoms in total. The molecule has 7 heteroatoms. The molecule has 1 saturated heterocycles. The van der Waals surface area contributed by atoms with Crippen molar-refractivity contribution in [3.05, 3.63) is 30.9 Å². The molecule has 0 radical (unpaired) electrons. The largest absolute Gasteiger partial charge is 0.473 e. The summed E-state index contributed by atoms with van der Waals surface area (Å²) < 4.78 is 9.91. The van der Waals surface area contributed by atoms with E-state index < -0.39 is 0 Å². The monoisotopic (exact) mass is 338 g/mol. The molecule has 2 fully saturated rings. The number of aryl methyl sites for hydroxylation is 1. The molecule has 25 heavy (non-hydrogen) atoms. The summed E-state index contributed by atoms with van der Waals surface area (Å²) in [4.78, 5) is 4.76. The average molecular weight is 338 g/mol. The minimum Gasteiger partial charge on any atom is -0.473 e. The molecule has 0 unspecified atom stereocenters. The van der Waals surface area contributed by atoms with Gasteiger partial charge in [0.15, 0.2) is 0 Å². The zero-order chi connectivity index (χ0) is 16.9. The molecule has 0 bridgehead atoms. The number of aromatic nitrogens is 5. The summed E-state index contributed by atoms with van der Waals surface area (Å²) in [6, 6.07) is 1.95.